The number of anilines is 1. The normalized spacial score (nSPS) is 19.0. The second-order valence-electron chi connectivity index (χ2n) is 6.78. The van der Waals surface area contributed by atoms with Gasteiger partial charge >= 0.3 is 0 Å². The number of nitrogens with one attached hydrogen (secondary N) is 1. The van der Waals surface area contributed by atoms with Crippen molar-refractivity contribution in [2.24, 2.45) is 5.92 Å². The van der Waals surface area contributed by atoms with Gasteiger partial charge in [0.2, 0.25) is 0 Å². The first-order valence-electron chi connectivity index (χ1n) is 7.81. The number of rotatable bonds is 5. The molecule has 2 rings (SSSR count). The summed E-state index contributed by atoms with van der Waals surface area (Å²) >= 11 is 0. The SMILES string of the molecule is Cc1cc(F)cc(NC2(CO)CCN(CC(C)C)CC2)c1. The number of likely N-dealkylation sites (tertiary alicyclic amines) is 1. The predicted molar refractivity (Wildman–Crippen MR) is 85.1 cm³/mol. The first kappa shape index (κ1) is 16.2. The molecule has 0 amide bonds. The van der Waals surface area contributed by atoms with Crippen LogP contribution in [0.25, 0.3) is 0 Å². The third kappa shape index (κ3) is 4.42. The fraction of sp³-hybridized carbons (Fsp3) is 0.647. The summed E-state index contributed by atoms with van der Waals surface area (Å²) in [7, 11) is 0. The third-order valence-electron chi connectivity index (χ3n) is 4.19. The number of halogens is 1. The van der Waals surface area contributed by atoms with Crippen molar-refractivity contribution in [2.45, 2.75) is 39.2 Å². The molecule has 0 bridgehead atoms. The van der Waals surface area contributed by atoms with Crippen LogP contribution in [-0.4, -0.2) is 41.8 Å². The molecule has 21 heavy (non-hydrogen) atoms. The van der Waals surface area contributed by atoms with Crippen LogP contribution < -0.4 is 5.32 Å². The van der Waals surface area contributed by atoms with Crippen LogP contribution in [0.5, 0.6) is 0 Å². The number of nitrogens with zero attached hydrogens (tertiary/aromatic N) is 1. The molecule has 0 aliphatic carbocycles. The van der Waals surface area contributed by atoms with E-state index >= 15 is 0 Å². The molecular formula is C17H27FN2O. The zero-order valence-electron chi connectivity index (χ0n) is 13.3. The Hall–Kier alpha value is -1.13. The maximum atomic E-state index is 13.5. The molecule has 0 saturated carbocycles. The quantitative estimate of drug-likeness (QED) is 0.876. The van der Waals surface area contributed by atoms with E-state index in [1.54, 1.807) is 0 Å². The zero-order valence-corrected chi connectivity index (χ0v) is 13.3. The summed E-state index contributed by atoms with van der Waals surface area (Å²) in [4.78, 5) is 2.44. The maximum Gasteiger partial charge on any atom is 0.125 e. The summed E-state index contributed by atoms with van der Waals surface area (Å²) < 4.78 is 13.5. The Bertz CT molecular complexity index is 448. The average Bonchev–Trinajstić information content (AvgIpc) is 2.39. The van der Waals surface area contributed by atoms with Crippen molar-refractivity contribution in [3.8, 4) is 0 Å². The topological polar surface area (TPSA) is 35.5 Å². The lowest BCUT2D eigenvalue weighted by atomic mass is 9.87. The summed E-state index contributed by atoms with van der Waals surface area (Å²) in [6.45, 7) is 9.45. The largest absolute Gasteiger partial charge is 0.394 e. The Labute approximate surface area is 127 Å². The minimum Gasteiger partial charge on any atom is -0.394 e. The summed E-state index contributed by atoms with van der Waals surface area (Å²) in [5.41, 5.74) is 1.33. The van der Waals surface area contributed by atoms with Crippen LogP contribution >= 0.6 is 0 Å². The molecule has 0 aromatic heterocycles. The lowest BCUT2D eigenvalue weighted by Gasteiger charge is -2.42. The lowest BCUT2D eigenvalue weighted by molar-refractivity contribution is 0.111. The molecule has 0 unspecified atom stereocenters. The summed E-state index contributed by atoms with van der Waals surface area (Å²) in [5.74, 6) is 0.424. The fourth-order valence-electron chi connectivity index (χ4n) is 3.12. The van der Waals surface area contributed by atoms with Crippen LogP contribution in [0.15, 0.2) is 18.2 Å². The van der Waals surface area contributed by atoms with Gasteiger partial charge in [0.15, 0.2) is 0 Å². The first-order valence-corrected chi connectivity index (χ1v) is 7.81. The van der Waals surface area contributed by atoms with Crippen molar-refractivity contribution in [3.05, 3.63) is 29.6 Å². The van der Waals surface area contributed by atoms with E-state index in [1.165, 1.54) is 12.1 Å². The van der Waals surface area contributed by atoms with Crippen LogP contribution in [0.2, 0.25) is 0 Å². The molecule has 1 fully saturated rings. The van der Waals surface area contributed by atoms with Gasteiger partial charge in [-0.15, -0.1) is 0 Å². The van der Waals surface area contributed by atoms with Gasteiger partial charge in [0.1, 0.15) is 5.82 Å². The average molecular weight is 294 g/mol. The Morgan fingerprint density at radius 2 is 1.95 bits per heavy atom. The molecule has 118 valence electrons. The molecule has 0 atom stereocenters. The minimum atomic E-state index is -0.326. The Balaban J connectivity index is 2.03. The molecule has 1 saturated heterocycles. The van der Waals surface area contributed by atoms with Crippen molar-refractivity contribution < 1.29 is 9.50 Å². The van der Waals surface area contributed by atoms with Crippen LogP contribution in [-0.2, 0) is 0 Å². The van der Waals surface area contributed by atoms with Gasteiger partial charge in [-0.2, -0.15) is 0 Å². The molecule has 0 radical (unpaired) electrons. The summed E-state index contributed by atoms with van der Waals surface area (Å²) in [5, 5.41) is 13.2. The van der Waals surface area contributed by atoms with E-state index in [4.69, 9.17) is 0 Å². The molecule has 3 nitrogen and oxygen atoms in total. The number of aliphatic hydroxyl groups excluding tert-OH is 1. The van der Waals surface area contributed by atoms with Gasteiger partial charge in [-0.05, 0) is 49.4 Å². The molecule has 1 aliphatic rings. The fourth-order valence-corrected chi connectivity index (χ4v) is 3.12. The highest BCUT2D eigenvalue weighted by molar-refractivity contribution is 5.48. The van der Waals surface area contributed by atoms with Crippen molar-refractivity contribution in [1.29, 1.82) is 0 Å². The molecule has 4 heteroatoms. The number of benzene rings is 1. The standard InChI is InChI=1S/C17H27FN2O/c1-13(2)11-20-6-4-17(12-21,5-7-20)19-16-9-14(3)8-15(18)10-16/h8-10,13,19,21H,4-7,11-12H2,1-3H3. The molecule has 2 N–H and O–H groups in total. The smallest absolute Gasteiger partial charge is 0.125 e. The van der Waals surface area contributed by atoms with Crippen molar-refractivity contribution in [3.63, 3.8) is 0 Å². The second-order valence-corrected chi connectivity index (χ2v) is 6.78. The van der Waals surface area contributed by atoms with E-state index in [9.17, 15) is 9.50 Å². The van der Waals surface area contributed by atoms with Crippen LogP contribution in [0.3, 0.4) is 0 Å². The van der Waals surface area contributed by atoms with Crippen molar-refractivity contribution >= 4 is 5.69 Å². The third-order valence-corrected chi connectivity index (χ3v) is 4.19. The molecule has 1 heterocycles. The van der Waals surface area contributed by atoms with Gasteiger partial charge in [0.05, 0.1) is 12.1 Å². The molecule has 0 spiro atoms. The summed E-state index contributed by atoms with van der Waals surface area (Å²) in [6.07, 6.45) is 1.76. The maximum absolute atomic E-state index is 13.5. The van der Waals surface area contributed by atoms with E-state index in [2.05, 4.69) is 24.1 Å². The van der Waals surface area contributed by atoms with Crippen LogP contribution in [0.1, 0.15) is 32.3 Å². The van der Waals surface area contributed by atoms with E-state index in [1.807, 2.05) is 13.0 Å². The Morgan fingerprint density at radius 1 is 1.29 bits per heavy atom. The van der Waals surface area contributed by atoms with E-state index < -0.39 is 0 Å². The van der Waals surface area contributed by atoms with Crippen molar-refractivity contribution in [1.82, 2.24) is 4.90 Å². The summed E-state index contributed by atoms with van der Waals surface area (Å²) in [6, 6.07) is 4.95. The number of piperidine rings is 1. The molecule has 1 aromatic rings. The monoisotopic (exact) mass is 294 g/mol. The van der Waals surface area contributed by atoms with Gasteiger partial charge in [-0.25, -0.2) is 4.39 Å². The highest BCUT2D eigenvalue weighted by Crippen LogP contribution is 2.28. The minimum absolute atomic E-state index is 0.0814. The predicted octanol–water partition coefficient (Wildman–Crippen LogP) is 3.03. The van der Waals surface area contributed by atoms with Crippen LogP contribution in [0, 0.1) is 18.7 Å². The lowest BCUT2D eigenvalue weighted by Crippen LogP contribution is -2.52. The van der Waals surface area contributed by atoms with E-state index in [0.717, 1.165) is 43.7 Å². The van der Waals surface area contributed by atoms with Gasteiger partial charge in [-0.3, -0.25) is 0 Å². The van der Waals surface area contributed by atoms with Gasteiger partial charge < -0.3 is 15.3 Å². The van der Waals surface area contributed by atoms with Gasteiger partial charge in [-0.1, -0.05) is 13.8 Å². The number of hydrogen-bond donors (Lipinski definition) is 2. The molecule has 1 aromatic carbocycles. The van der Waals surface area contributed by atoms with Gasteiger partial charge in [0, 0.05) is 25.3 Å². The second kappa shape index (κ2) is 6.75. The molecular weight excluding hydrogens is 267 g/mol. The van der Waals surface area contributed by atoms with E-state index in [-0.39, 0.29) is 18.0 Å². The zero-order chi connectivity index (χ0) is 15.5. The van der Waals surface area contributed by atoms with E-state index in [0.29, 0.717) is 5.92 Å². The van der Waals surface area contributed by atoms with Crippen LogP contribution in [0.4, 0.5) is 10.1 Å². The highest BCUT2D eigenvalue weighted by atomic mass is 19.1. The number of hydrogen-bond acceptors (Lipinski definition) is 3. The van der Waals surface area contributed by atoms with Crippen molar-refractivity contribution in [2.75, 3.05) is 31.6 Å². The number of aliphatic hydroxyl groups is 1. The number of aryl methyl sites for hydroxylation is 1. The first-order chi connectivity index (χ1) is 9.92. The van der Waals surface area contributed by atoms with Gasteiger partial charge in [0.25, 0.3) is 0 Å². The molecule has 1 aliphatic heterocycles. The Morgan fingerprint density at radius 3 is 2.48 bits per heavy atom. The Kier molecular flexibility index (Phi) is 5.22. The highest BCUT2D eigenvalue weighted by Gasteiger charge is 2.34.